The van der Waals surface area contributed by atoms with Gasteiger partial charge < -0.3 is 19.1 Å². The van der Waals surface area contributed by atoms with Gasteiger partial charge in [-0.25, -0.2) is 0 Å². The number of nitrogens with zero attached hydrogens (tertiary/aromatic N) is 1. The van der Waals surface area contributed by atoms with Gasteiger partial charge in [0.25, 0.3) is 0 Å². The Balaban J connectivity index is 1.90. The molecule has 1 aromatic rings. The summed E-state index contributed by atoms with van der Waals surface area (Å²) in [6.45, 7) is 6.33. The van der Waals surface area contributed by atoms with Crippen molar-refractivity contribution < 1.29 is 28.6 Å². The van der Waals surface area contributed by atoms with Gasteiger partial charge in [0.2, 0.25) is 11.7 Å². The van der Waals surface area contributed by atoms with Crippen molar-refractivity contribution in [1.82, 2.24) is 4.90 Å². The number of Topliss-reactive ketones (excluding diaryl/α,β-unsaturated/α-hetero) is 1. The number of esters is 1. The molecule has 7 heteroatoms. The minimum atomic E-state index is -0.435. The summed E-state index contributed by atoms with van der Waals surface area (Å²) in [4.78, 5) is 38.9. The third kappa shape index (κ3) is 5.24. The van der Waals surface area contributed by atoms with Crippen molar-refractivity contribution in [3.63, 3.8) is 0 Å². The van der Waals surface area contributed by atoms with Crippen molar-refractivity contribution in [2.24, 2.45) is 11.3 Å². The fraction of sp³-hybridized carbons (Fsp3) is 0.571. The van der Waals surface area contributed by atoms with Crippen LogP contribution in [0.2, 0.25) is 0 Å². The number of rotatable bonds is 6. The van der Waals surface area contributed by atoms with E-state index in [9.17, 15) is 14.4 Å². The van der Waals surface area contributed by atoms with Crippen molar-refractivity contribution >= 4 is 17.7 Å². The van der Waals surface area contributed by atoms with Gasteiger partial charge in [0.05, 0.1) is 25.7 Å². The molecular formula is C21H29NO6. The molecule has 28 heavy (non-hydrogen) atoms. The predicted molar refractivity (Wildman–Crippen MR) is 104 cm³/mol. The van der Waals surface area contributed by atoms with Crippen LogP contribution in [-0.4, -0.2) is 56.5 Å². The lowest BCUT2D eigenvalue weighted by molar-refractivity contribution is -0.152. The highest BCUT2D eigenvalue weighted by molar-refractivity contribution is 6.00. The number of ether oxygens (including phenoxy) is 3. The average Bonchev–Trinajstić information content (AvgIpc) is 2.70. The Morgan fingerprint density at radius 2 is 1.71 bits per heavy atom. The standard InChI is InChI=1S/C21H29NO6/c1-21(2,3)20(25)22-10-8-14(9-11-22)19(24)28-13-17(23)16-12-15(26-4)6-7-18(16)27-5/h6-7,12,14H,8-11,13H2,1-5H3. The van der Waals surface area contributed by atoms with E-state index in [1.165, 1.54) is 14.2 Å². The lowest BCUT2D eigenvalue weighted by Crippen LogP contribution is -2.45. The SMILES string of the molecule is COc1ccc(OC)c(C(=O)COC(=O)C2CCN(C(=O)C(C)(C)C)CC2)c1. The summed E-state index contributed by atoms with van der Waals surface area (Å²) in [6.07, 6.45) is 1.08. The van der Waals surface area contributed by atoms with E-state index in [2.05, 4.69) is 0 Å². The van der Waals surface area contributed by atoms with E-state index in [4.69, 9.17) is 14.2 Å². The number of ketones is 1. The van der Waals surface area contributed by atoms with E-state index in [-0.39, 0.29) is 24.2 Å². The first kappa shape index (κ1) is 21.7. The fourth-order valence-corrected chi connectivity index (χ4v) is 3.16. The smallest absolute Gasteiger partial charge is 0.309 e. The molecule has 0 bridgehead atoms. The minimum Gasteiger partial charge on any atom is -0.497 e. The van der Waals surface area contributed by atoms with E-state index in [1.807, 2.05) is 20.8 Å². The van der Waals surface area contributed by atoms with Crippen LogP contribution in [0.25, 0.3) is 0 Å². The average molecular weight is 391 g/mol. The van der Waals surface area contributed by atoms with Gasteiger partial charge >= 0.3 is 5.97 Å². The molecule has 2 rings (SSSR count). The summed E-state index contributed by atoms with van der Waals surface area (Å²) >= 11 is 0. The van der Waals surface area contributed by atoms with Crippen molar-refractivity contribution in [3.8, 4) is 11.5 Å². The molecule has 0 radical (unpaired) electrons. The maximum absolute atomic E-state index is 12.5. The van der Waals surface area contributed by atoms with Gasteiger partial charge in [-0.2, -0.15) is 0 Å². The second-order valence-electron chi connectivity index (χ2n) is 7.91. The molecule has 7 nitrogen and oxygen atoms in total. The lowest BCUT2D eigenvalue weighted by atomic mass is 9.91. The Kier molecular flexibility index (Phi) is 7.05. The first-order valence-corrected chi connectivity index (χ1v) is 9.38. The zero-order chi connectivity index (χ0) is 20.9. The van der Waals surface area contributed by atoms with Crippen LogP contribution in [-0.2, 0) is 14.3 Å². The van der Waals surface area contributed by atoms with Gasteiger partial charge in [-0.15, -0.1) is 0 Å². The normalized spacial score (nSPS) is 15.1. The van der Waals surface area contributed by atoms with E-state index >= 15 is 0 Å². The van der Waals surface area contributed by atoms with Crippen LogP contribution >= 0.6 is 0 Å². The molecule has 0 spiro atoms. The van der Waals surface area contributed by atoms with Crippen molar-refractivity contribution in [2.75, 3.05) is 33.9 Å². The Morgan fingerprint density at radius 1 is 1.07 bits per heavy atom. The maximum Gasteiger partial charge on any atom is 0.309 e. The minimum absolute atomic E-state index is 0.0830. The van der Waals surface area contributed by atoms with Gasteiger partial charge in [-0.05, 0) is 31.0 Å². The van der Waals surface area contributed by atoms with Crippen molar-refractivity contribution in [2.45, 2.75) is 33.6 Å². The molecule has 0 saturated carbocycles. The molecule has 0 N–H and O–H groups in total. The summed E-state index contributed by atoms with van der Waals surface area (Å²) in [5.41, 5.74) is -0.129. The number of benzene rings is 1. The number of amides is 1. The van der Waals surface area contributed by atoms with Crippen molar-refractivity contribution in [1.29, 1.82) is 0 Å². The molecule has 1 aromatic carbocycles. The van der Waals surface area contributed by atoms with Crippen molar-refractivity contribution in [3.05, 3.63) is 23.8 Å². The second-order valence-corrected chi connectivity index (χ2v) is 7.91. The van der Waals surface area contributed by atoms with Gasteiger partial charge in [0.15, 0.2) is 6.61 Å². The highest BCUT2D eigenvalue weighted by atomic mass is 16.5. The van der Waals surface area contributed by atoms with Crippen LogP contribution in [0.1, 0.15) is 44.0 Å². The van der Waals surface area contributed by atoms with Crippen LogP contribution in [0.5, 0.6) is 11.5 Å². The number of hydrogen-bond acceptors (Lipinski definition) is 6. The topological polar surface area (TPSA) is 82.1 Å². The predicted octanol–water partition coefficient (Wildman–Crippen LogP) is 2.71. The third-order valence-corrected chi connectivity index (χ3v) is 4.81. The summed E-state index contributed by atoms with van der Waals surface area (Å²) < 4.78 is 15.6. The van der Waals surface area contributed by atoms with Crippen LogP contribution in [0.15, 0.2) is 18.2 Å². The molecule has 1 heterocycles. The van der Waals surface area contributed by atoms with Crippen LogP contribution < -0.4 is 9.47 Å². The molecule has 0 aliphatic carbocycles. The Morgan fingerprint density at radius 3 is 2.25 bits per heavy atom. The van der Waals surface area contributed by atoms with Gasteiger partial charge in [-0.1, -0.05) is 20.8 Å². The Labute approximate surface area is 165 Å². The number of piperidine rings is 1. The second kappa shape index (κ2) is 9.08. The number of carbonyl (C=O) groups is 3. The highest BCUT2D eigenvalue weighted by Crippen LogP contribution is 2.26. The summed E-state index contributed by atoms with van der Waals surface area (Å²) in [6, 6.07) is 4.88. The third-order valence-electron chi connectivity index (χ3n) is 4.81. The van der Waals surface area contributed by atoms with Gasteiger partial charge in [0, 0.05) is 18.5 Å². The van der Waals surface area contributed by atoms with E-state index in [0.29, 0.717) is 43.0 Å². The lowest BCUT2D eigenvalue weighted by Gasteiger charge is -2.34. The number of methoxy groups -OCH3 is 2. The van der Waals surface area contributed by atoms with Crippen LogP contribution in [0.3, 0.4) is 0 Å². The summed E-state index contributed by atoms with van der Waals surface area (Å²) in [7, 11) is 2.98. The number of carbonyl (C=O) groups excluding carboxylic acids is 3. The molecule has 0 atom stereocenters. The van der Waals surface area contributed by atoms with Crippen LogP contribution in [0, 0.1) is 11.3 Å². The quantitative estimate of drug-likeness (QED) is 0.548. The summed E-state index contributed by atoms with van der Waals surface area (Å²) in [5.74, 6) is -0.0617. The largest absolute Gasteiger partial charge is 0.497 e. The van der Waals surface area contributed by atoms with Gasteiger partial charge in [0.1, 0.15) is 11.5 Å². The fourth-order valence-electron chi connectivity index (χ4n) is 3.16. The van der Waals surface area contributed by atoms with E-state index in [0.717, 1.165) is 0 Å². The molecule has 1 aliphatic rings. The first-order chi connectivity index (χ1) is 13.2. The molecule has 1 aliphatic heterocycles. The molecule has 154 valence electrons. The van der Waals surface area contributed by atoms with Crippen LogP contribution in [0.4, 0.5) is 0 Å². The monoisotopic (exact) mass is 391 g/mol. The highest BCUT2D eigenvalue weighted by Gasteiger charge is 2.33. The molecule has 0 aromatic heterocycles. The first-order valence-electron chi connectivity index (χ1n) is 9.38. The Bertz CT molecular complexity index is 729. The van der Waals surface area contributed by atoms with E-state index in [1.54, 1.807) is 23.1 Å². The molecular weight excluding hydrogens is 362 g/mol. The zero-order valence-corrected chi connectivity index (χ0v) is 17.2. The molecule has 0 unspecified atom stereocenters. The number of likely N-dealkylation sites (tertiary alicyclic amines) is 1. The molecule has 1 amide bonds. The van der Waals surface area contributed by atoms with E-state index < -0.39 is 11.4 Å². The Hall–Kier alpha value is -2.57. The number of hydrogen-bond donors (Lipinski definition) is 0. The molecule has 1 saturated heterocycles. The maximum atomic E-state index is 12.5. The van der Waals surface area contributed by atoms with Gasteiger partial charge in [-0.3, -0.25) is 14.4 Å². The summed E-state index contributed by atoms with van der Waals surface area (Å²) in [5, 5.41) is 0. The molecule has 1 fully saturated rings. The zero-order valence-electron chi connectivity index (χ0n) is 17.2.